The highest BCUT2D eigenvalue weighted by Crippen LogP contribution is 2.35. The summed E-state index contributed by atoms with van der Waals surface area (Å²) in [6.07, 6.45) is 5.31. The topological polar surface area (TPSA) is 50.9 Å². The van der Waals surface area contributed by atoms with Gasteiger partial charge in [-0.2, -0.15) is 0 Å². The van der Waals surface area contributed by atoms with Gasteiger partial charge in [0.05, 0.1) is 0 Å². The van der Waals surface area contributed by atoms with Gasteiger partial charge in [0.15, 0.2) is 0 Å². The van der Waals surface area contributed by atoms with Crippen molar-refractivity contribution in [3.63, 3.8) is 0 Å². The van der Waals surface area contributed by atoms with Crippen LogP contribution in [0.5, 0.6) is 0 Å². The third kappa shape index (κ3) is 2.25. The maximum atomic E-state index is 5.68. The number of hydrogen-bond acceptors (Lipinski definition) is 3. The Bertz CT molecular complexity index is 349. The highest BCUT2D eigenvalue weighted by molar-refractivity contribution is 5.29. The van der Waals surface area contributed by atoms with Gasteiger partial charge >= 0.3 is 0 Å². The zero-order chi connectivity index (χ0) is 11.5. The van der Waals surface area contributed by atoms with Gasteiger partial charge in [-0.15, -0.1) is 0 Å². The first-order valence-corrected chi connectivity index (χ1v) is 6.12. The molecule has 1 heterocycles. The normalized spacial score (nSPS) is 21.1. The molecule has 0 bridgehead atoms. The number of hydrogen-bond donors (Lipinski definition) is 2. The second kappa shape index (κ2) is 4.93. The van der Waals surface area contributed by atoms with Crippen LogP contribution in [-0.2, 0) is 6.42 Å². The molecule has 0 saturated carbocycles. The lowest BCUT2D eigenvalue weighted by Gasteiger charge is -2.24. The van der Waals surface area contributed by atoms with Crippen molar-refractivity contribution in [3.05, 3.63) is 29.6 Å². The van der Waals surface area contributed by atoms with Gasteiger partial charge in [-0.3, -0.25) is 16.3 Å². The van der Waals surface area contributed by atoms with Gasteiger partial charge in [-0.25, -0.2) is 0 Å². The minimum absolute atomic E-state index is 0.358. The summed E-state index contributed by atoms with van der Waals surface area (Å²) in [5, 5.41) is 0. The standard InChI is InChI=1S/C13H21N3/c1-9(2)8-12(16-14)11-6-5-10-4-3-7-15-13(10)11/h3-4,7,9,11-12,16H,5-6,8,14H2,1-2H3. The summed E-state index contributed by atoms with van der Waals surface area (Å²) in [5.41, 5.74) is 5.63. The van der Waals surface area contributed by atoms with Gasteiger partial charge < -0.3 is 0 Å². The summed E-state index contributed by atoms with van der Waals surface area (Å²) < 4.78 is 0. The molecule has 88 valence electrons. The second-order valence-electron chi connectivity index (χ2n) is 5.10. The molecule has 1 aromatic rings. The van der Waals surface area contributed by atoms with Crippen LogP contribution < -0.4 is 11.3 Å². The first-order valence-electron chi connectivity index (χ1n) is 6.12. The number of aryl methyl sites for hydroxylation is 1. The Labute approximate surface area is 97.4 Å². The molecule has 16 heavy (non-hydrogen) atoms. The predicted octanol–water partition coefficient (Wildman–Crippen LogP) is 1.99. The van der Waals surface area contributed by atoms with Crippen molar-refractivity contribution in [2.45, 2.75) is 45.1 Å². The number of pyridine rings is 1. The van der Waals surface area contributed by atoms with E-state index in [9.17, 15) is 0 Å². The Balaban J connectivity index is 2.16. The molecule has 1 aliphatic rings. The quantitative estimate of drug-likeness (QED) is 0.601. The Morgan fingerprint density at radius 3 is 3.06 bits per heavy atom. The van der Waals surface area contributed by atoms with Crippen LogP contribution in [0.2, 0.25) is 0 Å². The molecule has 2 rings (SSSR count). The van der Waals surface area contributed by atoms with E-state index in [1.54, 1.807) is 0 Å². The van der Waals surface area contributed by atoms with E-state index in [4.69, 9.17) is 5.84 Å². The molecular weight excluding hydrogens is 198 g/mol. The average molecular weight is 219 g/mol. The van der Waals surface area contributed by atoms with Crippen molar-refractivity contribution in [1.82, 2.24) is 10.4 Å². The molecule has 3 heteroatoms. The lowest BCUT2D eigenvalue weighted by atomic mass is 9.90. The van der Waals surface area contributed by atoms with E-state index in [1.165, 1.54) is 17.7 Å². The van der Waals surface area contributed by atoms with E-state index in [1.807, 2.05) is 12.3 Å². The first kappa shape index (κ1) is 11.6. The van der Waals surface area contributed by atoms with E-state index in [0.717, 1.165) is 12.8 Å². The average Bonchev–Trinajstić information content (AvgIpc) is 2.69. The molecule has 0 aromatic carbocycles. The Morgan fingerprint density at radius 1 is 1.56 bits per heavy atom. The van der Waals surface area contributed by atoms with Gasteiger partial charge in [0.2, 0.25) is 0 Å². The lowest BCUT2D eigenvalue weighted by molar-refractivity contribution is 0.363. The van der Waals surface area contributed by atoms with Crippen LogP contribution in [-0.4, -0.2) is 11.0 Å². The molecule has 0 saturated heterocycles. The molecule has 3 nitrogen and oxygen atoms in total. The van der Waals surface area contributed by atoms with E-state index in [-0.39, 0.29) is 0 Å². The molecule has 0 spiro atoms. The highest BCUT2D eigenvalue weighted by Gasteiger charge is 2.30. The summed E-state index contributed by atoms with van der Waals surface area (Å²) in [4.78, 5) is 4.52. The summed E-state index contributed by atoms with van der Waals surface area (Å²) in [6.45, 7) is 4.47. The Kier molecular flexibility index (Phi) is 3.56. The third-order valence-electron chi connectivity index (χ3n) is 3.43. The van der Waals surface area contributed by atoms with Crippen LogP contribution in [0.25, 0.3) is 0 Å². The minimum atomic E-state index is 0.358. The fraction of sp³-hybridized carbons (Fsp3) is 0.615. The molecule has 0 radical (unpaired) electrons. The SMILES string of the molecule is CC(C)CC(NN)C1CCc2cccnc21. The van der Waals surface area contributed by atoms with Crippen LogP contribution in [0.4, 0.5) is 0 Å². The summed E-state index contributed by atoms with van der Waals surface area (Å²) in [5.74, 6) is 6.83. The molecule has 1 aromatic heterocycles. The van der Waals surface area contributed by atoms with Gasteiger partial charge in [-0.1, -0.05) is 19.9 Å². The van der Waals surface area contributed by atoms with Crippen molar-refractivity contribution in [2.24, 2.45) is 11.8 Å². The summed E-state index contributed by atoms with van der Waals surface area (Å²) in [6, 6.07) is 4.57. The first-order chi connectivity index (χ1) is 7.72. The fourth-order valence-corrected chi connectivity index (χ4v) is 2.69. The fourth-order valence-electron chi connectivity index (χ4n) is 2.69. The molecule has 3 N–H and O–H groups in total. The number of aromatic nitrogens is 1. The number of hydrazine groups is 1. The number of rotatable bonds is 4. The van der Waals surface area contributed by atoms with E-state index < -0.39 is 0 Å². The van der Waals surface area contributed by atoms with Gasteiger partial charge in [0.1, 0.15) is 0 Å². The molecule has 0 aliphatic heterocycles. The monoisotopic (exact) mass is 219 g/mol. The predicted molar refractivity (Wildman–Crippen MR) is 65.9 cm³/mol. The van der Waals surface area contributed by atoms with Crippen LogP contribution in [0.15, 0.2) is 18.3 Å². The van der Waals surface area contributed by atoms with E-state index in [2.05, 4.69) is 30.3 Å². The van der Waals surface area contributed by atoms with Crippen LogP contribution in [0, 0.1) is 5.92 Å². The van der Waals surface area contributed by atoms with Crippen LogP contribution in [0.3, 0.4) is 0 Å². The number of fused-ring (bicyclic) bond motifs is 1. The Morgan fingerprint density at radius 2 is 2.38 bits per heavy atom. The van der Waals surface area contributed by atoms with Gasteiger partial charge in [0, 0.05) is 23.9 Å². The molecule has 0 fully saturated rings. The molecular formula is C13H21N3. The van der Waals surface area contributed by atoms with Crippen molar-refractivity contribution in [2.75, 3.05) is 0 Å². The highest BCUT2D eigenvalue weighted by atomic mass is 15.2. The van der Waals surface area contributed by atoms with Gasteiger partial charge in [0.25, 0.3) is 0 Å². The molecule has 2 atom stereocenters. The molecule has 0 amide bonds. The smallest absolute Gasteiger partial charge is 0.0482 e. The number of nitrogens with zero attached hydrogens (tertiary/aromatic N) is 1. The number of nitrogens with one attached hydrogen (secondary N) is 1. The number of nitrogens with two attached hydrogens (primary N) is 1. The van der Waals surface area contributed by atoms with Gasteiger partial charge in [-0.05, 0) is 36.8 Å². The molecule has 1 aliphatic carbocycles. The van der Waals surface area contributed by atoms with Crippen molar-refractivity contribution in [3.8, 4) is 0 Å². The summed E-state index contributed by atoms with van der Waals surface area (Å²) in [7, 11) is 0. The maximum Gasteiger partial charge on any atom is 0.0482 e. The summed E-state index contributed by atoms with van der Waals surface area (Å²) >= 11 is 0. The van der Waals surface area contributed by atoms with E-state index >= 15 is 0 Å². The second-order valence-corrected chi connectivity index (χ2v) is 5.10. The third-order valence-corrected chi connectivity index (χ3v) is 3.43. The largest absolute Gasteiger partial charge is 0.271 e. The Hall–Kier alpha value is -0.930. The van der Waals surface area contributed by atoms with Crippen LogP contribution >= 0.6 is 0 Å². The molecule has 2 unspecified atom stereocenters. The zero-order valence-electron chi connectivity index (χ0n) is 10.1. The van der Waals surface area contributed by atoms with Crippen molar-refractivity contribution >= 4 is 0 Å². The maximum absolute atomic E-state index is 5.68. The van der Waals surface area contributed by atoms with Crippen LogP contribution in [0.1, 0.15) is 43.9 Å². The van der Waals surface area contributed by atoms with Crippen molar-refractivity contribution in [1.29, 1.82) is 0 Å². The van der Waals surface area contributed by atoms with Crippen molar-refractivity contribution < 1.29 is 0 Å². The van der Waals surface area contributed by atoms with E-state index in [0.29, 0.717) is 17.9 Å². The zero-order valence-corrected chi connectivity index (χ0v) is 10.1. The minimum Gasteiger partial charge on any atom is -0.271 e. The lowest BCUT2D eigenvalue weighted by Crippen LogP contribution is -2.40.